The molecule has 3 aromatic heterocycles. The fraction of sp³-hybridized carbons (Fsp3) is 0.0455. The number of para-hydroxylation sites is 1. The van der Waals surface area contributed by atoms with Gasteiger partial charge in [0.25, 0.3) is 5.56 Å². The number of pyridine rings is 1. The maximum absolute atomic E-state index is 12.6. The number of hydrogen-bond acceptors (Lipinski definition) is 3. The van der Waals surface area contributed by atoms with Crippen LogP contribution in [0.3, 0.4) is 0 Å². The Morgan fingerprint density at radius 3 is 2.75 bits per heavy atom. The number of nitrogens with one attached hydrogen (secondary N) is 1. The number of hydrogen-bond donors (Lipinski definition) is 1. The summed E-state index contributed by atoms with van der Waals surface area (Å²) in [5.74, 6) is 0.650. The molecule has 0 radical (unpaired) electrons. The molecule has 5 aromatic rings. The summed E-state index contributed by atoms with van der Waals surface area (Å²) in [5, 5.41) is 5.26. The fourth-order valence-electron chi connectivity index (χ4n) is 3.41. The molecule has 0 aliphatic carbocycles. The van der Waals surface area contributed by atoms with Crippen molar-refractivity contribution in [1.29, 1.82) is 0 Å². The summed E-state index contributed by atoms with van der Waals surface area (Å²) < 4.78 is 3.81. The standard InChI is InChI=1S/C22H17N5O/c28-22-19(14-17-6-1-2-8-20(17)25-22)21-23-10-12-26(21)15-16-5-3-7-18(13-16)27-11-4-9-24-27/h1-14H,15H2,(H,25,28). The van der Waals surface area contributed by atoms with Crippen LogP contribution >= 0.6 is 0 Å². The van der Waals surface area contributed by atoms with Crippen LogP contribution in [0.5, 0.6) is 0 Å². The molecule has 0 fully saturated rings. The first-order valence-electron chi connectivity index (χ1n) is 9.00. The highest BCUT2D eigenvalue weighted by atomic mass is 16.1. The molecule has 3 heterocycles. The molecule has 5 rings (SSSR count). The number of aromatic amines is 1. The van der Waals surface area contributed by atoms with Crippen LogP contribution < -0.4 is 5.56 Å². The van der Waals surface area contributed by atoms with Crippen molar-refractivity contribution < 1.29 is 0 Å². The first-order valence-corrected chi connectivity index (χ1v) is 9.00. The van der Waals surface area contributed by atoms with Gasteiger partial charge in [0.1, 0.15) is 5.82 Å². The Morgan fingerprint density at radius 2 is 1.86 bits per heavy atom. The van der Waals surface area contributed by atoms with E-state index in [4.69, 9.17) is 0 Å². The van der Waals surface area contributed by atoms with Crippen molar-refractivity contribution in [1.82, 2.24) is 24.3 Å². The van der Waals surface area contributed by atoms with E-state index in [9.17, 15) is 4.79 Å². The highest BCUT2D eigenvalue weighted by molar-refractivity contribution is 5.82. The predicted molar refractivity (Wildman–Crippen MR) is 108 cm³/mol. The lowest BCUT2D eigenvalue weighted by atomic mass is 10.1. The van der Waals surface area contributed by atoms with Crippen molar-refractivity contribution in [3.63, 3.8) is 0 Å². The number of rotatable bonds is 4. The molecule has 0 aliphatic heterocycles. The SMILES string of the molecule is O=c1[nH]c2ccccc2cc1-c1nccn1Cc1cccc(-n2cccn2)c1. The van der Waals surface area contributed by atoms with Crippen LogP contribution in [0.4, 0.5) is 0 Å². The van der Waals surface area contributed by atoms with Gasteiger partial charge >= 0.3 is 0 Å². The van der Waals surface area contributed by atoms with E-state index in [-0.39, 0.29) is 5.56 Å². The Bertz CT molecular complexity index is 1310. The minimum Gasteiger partial charge on any atom is -0.326 e. The topological polar surface area (TPSA) is 68.5 Å². The molecule has 0 amide bonds. The summed E-state index contributed by atoms with van der Waals surface area (Å²) in [6, 6.07) is 19.7. The van der Waals surface area contributed by atoms with Gasteiger partial charge in [-0.2, -0.15) is 5.10 Å². The molecule has 2 aromatic carbocycles. The molecule has 0 aliphatic rings. The third-order valence-electron chi connectivity index (χ3n) is 4.74. The van der Waals surface area contributed by atoms with Crippen LogP contribution in [-0.2, 0) is 6.54 Å². The molecule has 0 unspecified atom stereocenters. The average Bonchev–Trinajstić information content (AvgIpc) is 3.40. The molecule has 0 saturated carbocycles. The molecule has 0 spiro atoms. The number of H-pyrrole nitrogens is 1. The van der Waals surface area contributed by atoms with E-state index in [1.54, 1.807) is 12.4 Å². The van der Waals surface area contributed by atoms with E-state index in [2.05, 4.69) is 27.2 Å². The van der Waals surface area contributed by atoms with Crippen LogP contribution in [0.15, 0.2) is 90.2 Å². The summed E-state index contributed by atoms with van der Waals surface area (Å²) in [4.78, 5) is 20.0. The maximum atomic E-state index is 12.6. The zero-order valence-corrected chi connectivity index (χ0v) is 15.0. The van der Waals surface area contributed by atoms with Crippen LogP contribution in [0.2, 0.25) is 0 Å². The highest BCUT2D eigenvalue weighted by Crippen LogP contribution is 2.20. The van der Waals surface area contributed by atoms with Gasteiger partial charge in [-0.15, -0.1) is 0 Å². The lowest BCUT2D eigenvalue weighted by molar-refractivity contribution is 0.800. The zero-order chi connectivity index (χ0) is 18.9. The first-order chi connectivity index (χ1) is 13.8. The van der Waals surface area contributed by atoms with Crippen molar-refractivity contribution in [3.8, 4) is 17.1 Å². The Balaban J connectivity index is 1.53. The van der Waals surface area contributed by atoms with Crippen LogP contribution in [0, 0.1) is 0 Å². The van der Waals surface area contributed by atoms with Crippen molar-refractivity contribution in [2.75, 3.05) is 0 Å². The second-order valence-corrected chi connectivity index (χ2v) is 6.60. The van der Waals surface area contributed by atoms with Crippen molar-refractivity contribution >= 4 is 10.9 Å². The molecule has 136 valence electrons. The number of aromatic nitrogens is 5. The molecule has 6 heteroatoms. The largest absolute Gasteiger partial charge is 0.326 e. The minimum atomic E-state index is -0.142. The van der Waals surface area contributed by atoms with Gasteiger partial charge in [-0.25, -0.2) is 9.67 Å². The summed E-state index contributed by atoms with van der Waals surface area (Å²) >= 11 is 0. The van der Waals surface area contributed by atoms with Gasteiger partial charge in [-0.05, 0) is 41.3 Å². The third-order valence-corrected chi connectivity index (χ3v) is 4.74. The molecule has 28 heavy (non-hydrogen) atoms. The van der Waals surface area contributed by atoms with Gasteiger partial charge in [0, 0.05) is 36.8 Å². The second kappa shape index (κ2) is 6.66. The molecular formula is C22H17N5O. The molecule has 0 saturated heterocycles. The Kier molecular flexibility index (Phi) is 3.87. The first kappa shape index (κ1) is 16.3. The van der Waals surface area contributed by atoms with E-state index in [0.29, 0.717) is 17.9 Å². The average molecular weight is 367 g/mol. The quantitative estimate of drug-likeness (QED) is 0.527. The molecule has 6 nitrogen and oxygen atoms in total. The highest BCUT2D eigenvalue weighted by Gasteiger charge is 2.12. The van der Waals surface area contributed by atoms with Gasteiger partial charge in [0.15, 0.2) is 0 Å². The predicted octanol–water partition coefficient (Wildman–Crippen LogP) is 3.63. The number of fused-ring (bicyclic) bond motifs is 1. The van der Waals surface area contributed by atoms with E-state index in [0.717, 1.165) is 22.2 Å². The summed E-state index contributed by atoms with van der Waals surface area (Å²) in [6.45, 7) is 0.608. The van der Waals surface area contributed by atoms with Gasteiger partial charge < -0.3 is 9.55 Å². The third kappa shape index (κ3) is 2.91. The smallest absolute Gasteiger partial charge is 0.259 e. The van der Waals surface area contributed by atoms with Crippen molar-refractivity contribution in [3.05, 3.63) is 101 Å². The van der Waals surface area contributed by atoms with E-state index < -0.39 is 0 Å². The van der Waals surface area contributed by atoms with Crippen LogP contribution in [-0.4, -0.2) is 24.3 Å². The number of nitrogens with zero attached hydrogens (tertiary/aromatic N) is 4. The van der Waals surface area contributed by atoms with E-state index in [1.807, 2.05) is 70.2 Å². The number of benzene rings is 2. The van der Waals surface area contributed by atoms with E-state index in [1.165, 1.54) is 0 Å². The molecular weight excluding hydrogens is 350 g/mol. The maximum Gasteiger partial charge on any atom is 0.259 e. The monoisotopic (exact) mass is 367 g/mol. The summed E-state index contributed by atoms with van der Waals surface area (Å²) in [6.07, 6.45) is 7.29. The van der Waals surface area contributed by atoms with Gasteiger partial charge in [0.05, 0.1) is 11.3 Å². The lowest BCUT2D eigenvalue weighted by Crippen LogP contribution is -2.12. The molecule has 0 bridgehead atoms. The van der Waals surface area contributed by atoms with Gasteiger partial charge in [-0.3, -0.25) is 4.79 Å². The Morgan fingerprint density at radius 1 is 0.929 bits per heavy atom. The Hall–Kier alpha value is -3.93. The van der Waals surface area contributed by atoms with Gasteiger partial charge in [0.2, 0.25) is 0 Å². The Labute approximate surface area is 160 Å². The number of imidazole rings is 1. The fourth-order valence-corrected chi connectivity index (χ4v) is 3.41. The van der Waals surface area contributed by atoms with Crippen molar-refractivity contribution in [2.45, 2.75) is 6.54 Å². The summed E-state index contributed by atoms with van der Waals surface area (Å²) in [5.41, 5.74) is 3.34. The van der Waals surface area contributed by atoms with Crippen LogP contribution in [0.25, 0.3) is 28.0 Å². The molecule has 1 N–H and O–H groups in total. The normalized spacial score (nSPS) is 11.1. The summed E-state index contributed by atoms with van der Waals surface area (Å²) in [7, 11) is 0. The van der Waals surface area contributed by atoms with Gasteiger partial charge in [-0.1, -0.05) is 30.3 Å². The second-order valence-electron chi connectivity index (χ2n) is 6.60. The zero-order valence-electron chi connectivity index (χ0n) is 15.0. The van der Waals surface area contributed by atoms with Crippen molar-refractivity contribution in [2.24, 2.45) is 0 Å². The van der Waals surface area contributed by atoms with E-state index >= 15 is 0 Å². The van der Waals surface area contributed by atoms with Crippen LogP contribution in [0.1, 0.15) is 5.56 Å². The molecule has 0 atom stereocenters. The lowest BCUT2D eigenvalue weighted by Gasteiger charge is -2.10. The minimum absolute atomic E-state index is 0.142.